The van der Waals surface area contributed by atoms with Crippen molar-refractivity contribution in [3.8, 4) is 5.75 Å². The van der Waals surface area contributed by atoms with Crippen molar-refractivity contribution in [1.82, 2.24) is 10.1 Å². The number of hydrogen-bond donors (Lipinski definition) is 1. The molecule has 1 N–H and O–H groups in total. The molecule has 21 heavy (non-hydrogen) atoms. The van der Waals surface area contributed by atoms with Crippen LogP contribution in [0.25, 0.3) is 0 Å². The molecule has 1 amide bonds. The van der Waals surface area contributed by atoms with Gasteiger partial charge in [-0.05, 0) is 19.1 Å². The molecule has 0 bridgehead atoms. The molecule has 0 spiro atoms. The lowest BCUT2D eigenvalue weighted by molar-refractivity contribution is -0.137. The van der Waals surface area contributed by atoms with Crippen LogP contribution in [0.4, 0.5) is 5.69 Å². The van der Waals surface area contributed by atoms with E-state index < -0.39 is 6.10 Å². The first-order chi connectivity index (χ1) is 10.1. The first-order valence-corrected chi connectivity index (χ1v) is 6.80. The highest BCUT2D eigenvalue weighted by Crippen LogP contribution is 2.28. The number of benzene rings is 1. The van der Waals surface area contributed by atoms with E-state index in [-0.39, 0.29) is 5.91 Å². The van der Waals surface area contributed by atoms with Crippen molar-refractivity contribution in [1.29, 1.82) is 0 Å². The number of hydrogen-bond acceptors (Lipinski definition) is 5. The van der Waals surface area contributed by atoms with Crippen molar-refractivity contribution in [2.75, 3.05) is 18.9 Å². The lowest BCUT2D eigenvalue weighted by Crippen LogP contribution is -2.45. The number of ether oxygens (including phenoxy) is 1. The van der Waals surface area contributed by atoms with Gasteiger partial charge in [0.25, 0.3) is 5.91 Å². The Hall–Kier alpha value is -2.50. The summed E-state index contributed by atoms with van der Waals surface area (Å²) < 4.78 is 10.8. The average molecular weight is 287 g/mol. The van der Waals surface area contributed by atoms with Crippen molar-refractivity contribution >= 4 is 11.6 Å². The number of carbonyl (C=O) groups is 1. The fourth-order valence-corrected chi connectivity index (χ4v) is 2.31. The van der Waals surface area contributed by atoms with Crippen LogP contribution in [0, 0.1) is 6.92 Å². The summed E-state index contributed by atoms with van der Waals surface area (Å²) in [6.07, 6.45) is -0.530. The maximum Gasteiger partial charge on any atom is 0.265 e. The largest absolute Gasteiger partial charge is 0.477 e. The molecule has 6 nitrogen and oxygen atoms in total. The van der Waals surface area contributed by atoms with Gasteiger partial charge in [0.15, 0.2) is 6.10 Å². The predicted octanol–water partition coefficient (Wildman–Crippen LogP) is 1.81. The van der Waals surface area contributed by atoms with E-state index in [0.29, 0.717) is 18.8 Å². The summed E-state index contributed by atoms with van der Waals surface area (Å²) >= 11 is 0. The van der Waals surface area contributed by atoms with Crippen LogP contribution in [0.3, 0.4) is 0 Å². The number of fused-ring (bicyclic) bond motifs is 1. The molecule has 1 aromatic carbocycles. The van der Waals surface area contributed by atoms with E-state index in [1.165, 1.54) is 0 Å². The van der Waals surface area contributed by atoms with Crippen molar-refractivity contribution in [2.24, 2.45) is 0 Å². The van der Waals surface area contributed by atoms with Gasteiger partial charge in [0.05, 0.1) is 18.8 Å². The molecule has 1 aromatic heterocycles. The molecule has 0 aliphatic carbocycles. The third kappa shape index (κ3) is 2.84. The molecule has 0 saturated heterocycles. The van der Waals surface area contributed by atoms with E-state index in [1.807, 2.05) is 37.3 Å². The van der Waals surface area contributed by atoms with Crippen LogP contribution in [-0.4, -0.2) is 35.7 Å². The van der Waals surface area contributed by atoms with Crippen LogP contribution in [0.1, 0.15) is 11.5 Å². The Labute approximate surface area is 122 Å². The number of aryl methyl sites for hydroxylation is 1. The molecule has 1 aliphatic rings. The Balaban J connectivity index is 1.66. The number of anilines is 1. The quantitative estimate of drug-likeness (QED) is 0.932. The molecule has 1 unspecified atom stereocenters. The SMILES string of the molecule is Cc1cc(CN(C)C(=O)C2CNc3ccccc3O2)no1. The summed E-state index contributed by atoms with van der Waals surface area (Å²) in [6.45, 7) is 2.68. The molecule has 2 aromatic rings. The molecule has 0 saturated carbocycles. The van der Waals surface area contributed by atoms with E-state index in [9.17, 15) is 4.79 Å². The van der Waals surface area contributed by atoms with Crippen molar-refractivity contribution in [3.63, 3.8) is 0 Å². The maximum atomic E-state index is 12.4. The second kappa shape index (κ2) is 5.47. The van der Waals surface area contributed by atoms with Gasteiger partial charge in [-0.1, -0.05) is 17.3 Å². The van der Waals surface area contributed by atoms with Crippen LogP contribution in [0.15, 0.2) is 34.9 Å². The van der Waals surface area contributed by atoms with Gasteiger partial charge < -0.3 is 19.5 Å². The number of nitrogens with zero attached hydrogens (tertiary/aromatic N) is 2. The van der Waals surface area contributed by atoms with E-state index in [4.69, 9.17) is 9.26 Å². The number of rotatable bonds is 3. The Kier molecular flexibility index (Phi) is 3.51. The molecular weight excluding hydrogens is 270 g/mol. The molecule has 2 heterocycles. The number of nitrogens with one attached hydrogen (secondary N) is 1. The van der Waals surface area contributed by atoms with Gasteiger partial charge in [-0.2, -0.15) is 0 Å². The highest BCUT2D eigenvalue weighted by Gasteiger charge is 2.28. The van der Waals surface area contributed by atoms with Crippen molar-refractivity contribution < 1.29 is 14.1 Å². The lowest BCUT2D eigenvalue weighted by Gasteiger charge is -2.29. The summed E-state index contributed by atoms with van der Waals surface area (Å²) in [4.78, 5) is 14.0. The van der Waals surface area contributed by atoms with Crippen LogP contribution >= 0.6 is 0 Å². The summed E-state index contributed by atoms with van der Waals surface area (Å²) in [5.41, 5.74) is 1.64. The van der Waals surface area contributed by atoms with Gasteiger partial charge in [0, 0.05) is 13.1 Å². The highest BCUT2D eigenvalue weighted by atomic mass is 16.5. The topological polar surface area (TPSA) is 67.6 Å². The zero-order valence-corrected chi connectivity index (χ0v) is 12.0. The zero-order chi connectivity index (χ0) is 14.8. The molecule has 1 atom stereocenters. The number of para-hydroxylation sites is 2. The van der Waals surface area contributed by atoms with Gasteiger partial charge >= 0.3 is 0 Å². The van der Waals surface area contributed by atoms with E-state index in [2.05, 4.69) is 10.5 Å². The minimum atomic E-state index is -0.530. The van der Waals surface area contributed by atoms with Gasteiger partial charge in [-0.3, -0.25) is 4.79 Å². The fraction of sp³-hybridized carbons (Fsp3) is 0.333. The van der Waals surface area contributed by atoms with Crippen LogP contribution < -0.4 is 10.1 Å². The third-order valence-electron chi connectivity index (χ3n) is 3.36. The van der Waals surface area contributed by atoms with Crippen LogP contribution in [0.2, 0.25) is 0 Å². The Morgan fingerprint density at radius 1 is 1.48 bits per heavy atom. The summed E-state index contributed by atoms with van der Waals surface area (Å²) in [5, 5.41) is 7.10. The van der Waals surface area contributed by atoms with E-state index in [0.717, 1.165) is 17.1 Å². The average Bonchev–Trinajstić information content (AvgIpc) is 2.91. The molecule has 0 radical (unpaired) electrons. The van der Waals surface area contributed by atoms with Gasteiger partial charge in [-0.15, -0.1) is 0 Å². The Morgan fingerprint density at radius 2 is 2.29 bits per heavy atom. The minimum Gasteiger partial charge on any atom is -0.477 e. The Bertz CT molecular complexity index is 653. The van der Waals surface area contributed by atoms with Crippen LogP contribution in [0.5, 0.6) is 5.75 Å². The summed E-state index contributed by atoms with van der Waals surface area (Å²) in [6, 6.07) is 9.41. The van der Waals surface area contributed by atoms with Crippen molar-refractivity contribution in [3.05, 3.63) is 41.8 Å². The number of likely N-dealkylation sites (N-methyl/N-ethyl adjacent to an activating group) is 1. The van der Waals surface area contributed by atoms with Gasteiger partial charge in [0.2, 0.25) is 0 Å². The molecule has 0 fully saturated rings. The maximum absolute atomic E-state index is 12.4. The summed E-state index contributed by atoms with van der Waals surface area (Å²) in [7, 11) is 1.73. The summed E-state index contributed by atoms with van der Waals surface area (Å²) in [5.74, 6) is 1.35. The lowest BCUT2D eigenvalue weighted by atomic mass is 10.2. The monoisotopic (exact) mass is 287 g/mol. The van der Waals surface area contributed by atoms with Crippen LogP contribution in [-0.2, 0) is 11.3 Å². The number of aromatic nitrogens is 1. The molecule has 6 heteroatoms. The van der Waals surface area contributed by atoms with Crippen molar-refractivity contribution in [2.45, 2.75) is 19.6 Å². The fourth-order valence-electron chi connectivity index (χ4n) is 2.31. The second-order valence-corrected chi connectivity index (χ2v) is 5.11. The Morgan fingerprint density at radius 3 is 3.05 bits per heavy atom. The standard InChI is InChI=1S/C15H17N3O3/c1-10-7-11(17-21-10)9-18(2)15(19)14-8-16-12-5-3-4-6-13(12)20-14/h3-7,14,16H,8-9H2,1-2H3. The van der Waals surface area contributed by atoms with Gasteiger partial charge in [0.1, 0.15) is 17.2 Å². The third-order valence-corrected chi connectivity index (χ3v) is 3.36. The first-order valence-electron chi connectivity index (χ1n) is 6.80. The smallest absolute Gasteiger partial charge is 0.265 e. The highest BCUT2D eigenvalue weighted by molar-refractivity contribution is 5.82. The predicted molar refractivity (Wildman–Crippen MR) is 77.1 cm³/mol. The molecule has 1 aliphatic heterocycles. The molecule has 3 rings (SSSR count). The second-order valence-electron chi connectivity index (χ2n) is 5.11. The zero-order valence-electron chi connectivity index (χ0n) is 12.0. The van der Waals surface area contributed by atoms with E-state index >= 15 is 0 Å². The number of carbonyl (C=O) groups excluding carboxylic acids is 1. The molecular formula is C15H17N3O3. The number of amides is 1. The molecule has 110 valence electrons. The van der Waals surface area contributed by atoms with Gasteiger partial charge in [-0.25, -0.2) is 0 Å². The normalized spacial score (nSPS) is 16.6. The van der Waals surface area contributed by atoms with E-state index in [1.54, 1.807) is 11.9 Å². The first kappa shape index (κ1) is 13.5. The minimum absolute atomic E-state index is 0.0855.